The largest absolute Gasteiger partial charge is 0.322 e. The summed E-state index contributed by atoms with van der Waals surface area (Å²) in [5, 5.41) is 7.21. The molecule has 3 rings (SSSR count). The third-order valence-electron chi connectivity index (χ3n) is 3.56. The van der Waals surface area contributed by atoms with Gasteiger partial charge in [0.05, 0.1) is 23.1 Å². The average molecular weight is 291 g/mol. The van der Waals surface area contributed by atoms with Crippen molar-refractivity contribution in [3.63, 3.8) is 0 Å². The van der Waals surface area contributed by atoms with Crippen LogP contribution in [0, 0.1) is 13.8 Å². The first kappa shape index (κ1) is 14.1. The molecule has 1 aromatic heterocycles. The number of rotatable bonds is 3. The second kappa shape index (κ2) is 5.85. The molecule has 3 aromatic rings. The minimum atomic E-state index is -0.151. The summed E-state index contributed by atoms with van der Waals surface area (Å²) in [6.45, 7) is 3.94. The van der Waals surface area contributed by atoms with E-state index in [1.54, 1.807) is 10.9 Å². The fraction of sp³-hybridized carbons (Fsp3) is 0.111. The summed E-state index contributed by atoms with van der Waals surface area (Å²) in [7, 11) is 0. The first-order valence-corrected chi connectivity index (χ1v) is 7.13. The molecular weight excluding hydrogens is 274 g/mol. The molecule has 0 atom stereocenters. The lowest BCUT2D eigenvalue weighted by Crippen LogP contribution is -2.13. The Hall–Kier alpha value is -2.88. The molecule has 0 saturated carbocycles. The zero-order valence-electron chi connectivity index (χ0n) is 12.6. The zero-order chi connectivity index (χ0) is 15.5. The minimum absolute atomic E-state index is 0.151. The van der Waals surface area contributed by atoms with Crippen molar-refractivity contribution in [2.45, 2.75) is 13.8 Å². The highest BCUT2D eigenvalue weighted by molar-refractivity contribution is 6.04. The van der Waals surface area contributed by atoms with Gasteiger partial charge in [0.1, 0.15) is 0 Å². The number of aryl methyl sites for hydroxylation is 1. The van der Waals surface area contributed by atoms with Gasteiger partial charge in [-0.25, -0.2) is 4.68 Å². The average Bonchev–Trinajstić information content (AvgIpc) is 2.91. The number of hydrogen-bond donors (Lipinski definition) is 1. The highest BCUT2D eigenvalue weighted by Gasteiger charge is 2.15. The van der Waals surface area contributed by atoms with Gasteiger partial charge in [-0.15, -0.1) is 0 Å². The molecule has 0 bridgehead atoms. The second-order valence-corrected chi connectivity index (χ2v) is 5.21. The van der Waals surface area contributed by atoms with E-state index in [1.165, 1.54) is 5.56 Å². The topological polar surface area (TPSA) is 46.9 Å². The van der Waals surface area contributed by atoms with Crippen LogP contribution in [0.3, 0.4) is 0 Å². The lowest BCUT2D eigenvalue weighted by atomic mass is 10.2. The molecule has 0 fully saturated rings. The second-order valence-electron chi connectivity index (χ2n) is 5.21. The normalized spacial score (nSPS) is 10.5. The molecule has 0 aliphatic heterocycles. The molecule has 1 N–H and O–H groups in total. The molecule has 110 valence electrons. The monoisotopic (exact) mass is 291 g/mol. The Kier molecular flexibility index (Phi) is 3.74. The number of nitrogens with one attached hydrogen (secondary N) is 1. The third kappa shape index (κ3) is 2.76. The van der Waals surface area contributed by atoms with E-state index in [-0.39, 0.29) is 5.91 Å². The molecule has 0 radical (unpaired) electrons. The van der Waals surface area contributed by atoms with Crippen molar-refractivity contribution in [2.24, 2.45) is 0 Å². The van der Waals surface area contributed by atoms with E-state index in [2.05, 4.69) is 10.4 Å². The van der Waals surface area contributed by atoms with Crippen LogP contribution in [-0.4, -0.2) is 15.7 Å². The summed E-state index contributed by atoms with van der Waals surface area (Å²) in [4.78, 5) is 12.4. The summed E-state index contributed by atoms with van der Waals surface area (Å²) in [6, 6.07) is 17.4. The summed E-state index contributed by atoms with van der Waals surface area (Å²) in [6.07, 6.45) is 1.60. The molecule has 0 unspecified atom stereocenters. The highest BCUT2D eigenvalue weighted by Crippen LogP contribution is 2.16. The van der Waals surface area contributed by atoms with Gasteiger partial charge in [-0.1, -0.05) is 35.9 Å². The summed E-state index contributed by atoms with van der Waals surface area (Å²) in [5.41, 5.74) is 4.30. The highest BCUT2D eigenvalue weighted by atomic mass is 16.1. The van der Waals surface area contributed by atoms with Crippen LogP contribution >= 0.6 is 0 Å². The number of nitrogens with zero attached hydrogens (tertiary/aromatic N) is 2. The molecular formula is C18H17N3O. The van der Waals surface area contributed by atoms with Crippen molar-refractivity contribution >= 4 is 11.6 Å². The lowest BCUT2D eigenvalue weighted by Gasteiger charge is -2.07. The number of aromatic nitrogens is 2. The summed E-state index contributed by atoms with van der Waals surface area (Å²) >= 11 is 0. The maximum absolute atomic E-state index is 12.4. The van der Waals surface area contributed by atoms with Crippen molar-refractivity contribution in [3.8, 4) is 5.69 Å². The fourth-order valence-electron chi connectivity index (χ4n) is 2.30. The Labute approximate surface area is 129 Å². The van der Waals surface area contributed by atoms with Crippen LogP contribution in [-0.2, 0) is 0 Å². The number of anilines is 1. The van der Waals surface area contributed by atoms with Crippen molar-refractivity contribution in [1.82, 2.24) is 9.78 Å². The zero-order valence-corrected chi connectivity index (χ0v) is 12.6. The van der Waals surface area contributed by atoms with Crippen LogP contribution in [0.1, 0.15) is 21.6 Å². The van der Waals surface area contributed by atoms with Crippen molar-refractivity contribution < 1.29 is 4.79 Å². The van der Waals surface area contributed by atoms with Gasteiger partial charge in [0.15, 0.2) is 0 Å². The van der Waals surface area contributed by atoms with Crippen molar-refractivity contribution in [3.05, 3.63) is 77.6 Å². The summed E-state index contributed by atoms with van der Waals surface area (Å²) < 4.78 is 1.78. The quantitative estimate of drug-likeness (QED) is 0.799. The number of hydrogen-bond acceptors (Lipinski definition) is 2. The van der Waals surface area contributed by atoms with Crippen LogP contribution in [0.15, 0.2) is 60.8 Å². The van der Waals surface area contributed by atoms with Gasteiger partial charge in [-0.2, -0.15) is 5.10 Å². The molecule has 2 aromatic carbocycles. The predicted molar refractivity (Wildman–Crippen MR) is 87.4 cm³/mol. The minimum Gasteiger partial charge on any atom is -0.322 e. The maximum Gasteiger partial charge on any atom is 0.259 e. The van der Waals surface area contributed by atoms with Gasteiger partial charge in [0, 0.05) is 5.69 Å². The first-order chi connectivity index (χ1) is 10.6. The Morgan fingerprint density at radius 3 is 2.36 bits per heavy atom. The van der Waals surface area contributed by atoms with Gasteiger partial charge in [0.2, 0.25) is 0 Å². The number of benzene rings is 2. The Bertz CT molecular complexity index is 789. The van der Waals surface area contributed by atoms with E-state index in [1.807, 2.05) is 68.4 Å². The predicted octanol–water partition coefficient (Wildman–Crippen LogP) is 3.74. The smallest absolute Gasteiger partial charge is 0.259 e. The number of amides is 1. The molecule has 22 heavy (non-hydrogen) atoms. The fourth-order valence-corrected chi connectivity index (χ4v) is 2.30. The molecule has 4 heteroatoms. The molecule has 0 aliphatic carbocycles. The van der Waals surface area contributed by atoms with Crippen LogP contribution in [0.25, 0.3) is 5.69 Å². The van der Waals surface area contributed by atoms with Crippen LogP contribution < -0.4 is 5.32 Å². The van der Waals surface area contributed by atoms with Gasteiger partial charge in [-0.05, 0) is 38.1 Å². The molecule has 0 aliphatic rings. The summed E-state index contributed by atoms with van der Waals surface area (Å²) in [5.74, 6) is -0.151. The molecule has 1 amide bonds. The molecule has 1 heterocycles. The van der Waals surface area contributed by atoms with Gasteiger partial charge >= 0.3 is 0 Å². The van der Waals surface area contributed by atoms with E-state index in [0.29, 0.717) is 5.56 Å². The van der Waals surface area contributed by atoms with Gasteiger partial charge < -0.3 is 5.32 Å². The molecule has 0 spiro atoms. The van der Waals surface area contributed by atoms with Gasteiger partial charge in [0.25, 0.3) is 5.91 Å². The molecule has 4 nitrogen and oxygen atoms in total. The van der Waals surface area contributed by atoms with E-state index < -0.39 is 0 Å². The number of carbonyl (C=O) groups excluding carboxylic acids is 1. The van der Waals surface area contributed by atoms with E-state index in [9.17, 15) is 4.79 Å². The Balaban J connectivity index is 1.87. The number of para-hydroxylation sites is 1. The molecule has 0 saturated heterocycles. The van der Waals surface area contributed by atoms with E-state index in [4.69, 9.17) is 0 Å². The SMILES string of the molecule is Cc1ccc(-n2ncc(C(=O)Nc3ccccc3)c2C)cc1. The Morgan fingerprint density at radius 1 is 1.00 bits per heavy atom. The maximum atomic E-state index is 12.4. The Morgan fingerprint density at radius 2 is 1.68 bits per heavy atom. The standard InChI is InChI=1S/C18H17N3O/c1-13-8-10-16(11-9-13)21-14(2)17(12-19-21)18(22)20-15-6-4-3-5-7-15/h3-12H,1-2H3,(H,20,22). The van der Waals surface area contributed by atoms with Crippen molar-refractivity contribution in [1.29, 1.82) is 0 Å². The van der Waals surface area contributed by atoms with Crippen molar-refractivity contribution in [2.75, 3.05) is 5.32 Å². The van der Waals surface area contributed by atoms with Gasteiger partial charge in [-0.3, -0.25) is 4.79 Å². The van der Waals surface area contributed by atoms with Crippen LogP contribution in [0.5, 0.6) is 0 Å². The first-order valence-electron chi connectivity index (χ1n) is 7.13. The third-order valence-corrected chi connectivity index (χ3v) is 3.56. The van der Waals surface area contributed by atoms with Crippen LogP contribution in [0.4, 0.5) is 5.69 Å². The van der Waals surface area contributed by atoms with E-state index >= 15 is 0 Å². The van der Waals surface area contributed by atoms with E-state index in [0.717, 1.165) is 17.1 Å². The van der Waals surface area contributed by atoms with Crippen LogP contribution in [0.2, 0.25) is 0 Å². The lowest BCUT2D eigenvalue weighted by molar-refractivity contribution is 0.102. The number of carbonyl (C=O) groups is 1.